The monoisotopic (exact) mass is 222 g/mol. The van der Waals surface area contributed by atoms with Crippen LogP contribution in [0.2, 0.25) is 0 Å². The SMILES string of the molecule is CCCNc1cc(COCC(C)C)ccn1. The van der Waals surface area contributed by atoms with Crippen LogP contribution >= 0.6 is 0 Å². The summed E-state index contributed by atoms with van der Waals surface area (Å²) in [6.07, 6.45) is 2.93. The van der Waals surface area contributed by atoms with Gasteiger partial charge in [0.05, 0.1) is 6.61 Å². The van der Waals surface area contributed by atoms with Gasteiger partial charge in [-0.2, -0.15) is 0 Å². The maximum absolute atomic E-state index is 5.59. The molecular formula is C13H22N2O. The van der Waals surface area contributed by atoms with Crippen molar-refractivity contribution in [3.63, 3.8) is 0 Å². The Balaban J connectivity index is 2.40. The Hall–Kier alpha value is -1.09. The van der Waals surface area contributed by atoms with Crippen molar-refractivity contribution in [1.29, 1.82) is 0 Å². The number of hydrogen-bond donors (Lipinski definition) is 1. The van der Waals surface area contributed by atoms with Crippen molar-refractivity contribution in [2.45, 2.75) is 33.8 Å². The molecule has 0 bridgehead atoms. The Bertz CT molecular complexity index is 300. The van der Waals surface area contributed by atoms with Gasteiger partial charge in [0.25, 0.3) is 0 Å². The minimum absolute atomic E-state index is 0.583. The number of hydrogen-bond acceptors (Lipinski definition) is 3. The van der Waals surface area contributed by atoms with Gasteiger partial charge in [-0.25, -0.2) is 4.98 Å². The van der Waals surface area contributed by atoms with Crippen molar-refractivity contribution >= 4 is 5.82 Å². The maximum atomic E-state index is 5.59. The Kier molecular flexibility index (Phi) is 5.86. The van der Waals surface area contributed by atoms with Gasteiger partial charge in [-0.1, -0.05) is 20.8 Å². The molecule has 1 rings (SSSR count). The molecule has 0 fully saturated rings. The van der Waals surface area contributed by atoms with Crippen molar-refractivity contribution in [3.05, 3.63) is 23.9 Å². The van der Waals surface area contributed by atoms with Gasteiger partial charge in [0.2, 0.25) is 0 Å². The predicted molar refractivity (Wildman–Crippen MR) is 67.5 cm³/mol. The highest BCUT2D eigenvalue weighted by Crippen LogP contribution is 2.08. The van der Waals surface area contributed by atoms with E-state index in [0.29, 0.717) is 12.5 Å². The summed E-state index contributed by atoms with van der Waals surface area (Å²) in [5.74, 6) is 1.52. The van der Waals surface area contributed by atoms with Crippen molar-refractivity contribution < 1.29 is 4.74 Å². The van der Waals surface area contributed by atoms with E-state index in [1.54, 1.807) is 0 Å². The van der Waals surface area contributed by atoms with E-state index in [-0.39, 0.29) is 0 Å². The van der Waals surface area contributed by atoms with Gasteiger partial charge in [-0.05, 0) is 30.0 Å². The van der Waals surface area contributed by atoms with Crippen LogP contribution in [0.3, 0.4) is 0 Å². The zero-order valence-corrected chi connectivity index (χ0v) is 10.5. The summed E-state index contributed by atoms with van der Waals surface area (Å²) in [6.45, 7) is 8.88. The molecule has 0 aliphatic carbocycles. The van der Waals surface area contributed by atoms with Crippen LogP contribution in [-0.2, 0) is 11.3 Å². The average Bonchev–Trinajstić information content (AvgIpc) is 2.26. The molecule has 1 N–H and O–H groups in total. The summed E-state index contributed by atoms with van der Waals surface area (Å²) in [6, 6.07) is 4.05. The second-order valence-corrected chi connectivity index (χ2v) is 4.39. The molecule has 0 radical (unpaired) electrons. The fraction of sp³-hybridized carbons (Fsp3) is 0.615. The quantitative estimate of drug-likeness (QED) is 0.770. The van der Waals surface area contributed by atoms with Crippen LogP contribution in [0.15, 0.2) is 18.3 Å². The van der Waals surface area contributed by atoms with Gasteiger partial charge in [0.1, 0.15) is 5.82 Å². The lowest BCUT2D eigenvalue weighted by atomic mass is 10.2. The first-order valence-electron chi connectivity index (χ1n) is 5.99. The minimum Gasteiger partial charge on any atom is -0.377 e. The van der Waals surface area contributed by atoms with Crippen LogP contribution in [0.1, 0.15) is 32.8 Å². The summed E-state index contributed by atoms with van der Waals surface area (Å²) < 4.78 is 5.59. The van der Waals surface area contributed by atoms with E-state index in [1.807, 2.05) is 12.3 Å². The molecular weight excluding hydrogens is 200 g/mol. The van der Waals surface area contributed by atoms with Crippen LogP contribution in [0.4, 0.5) is 5.82 Å². The van der Waals surface area contributed by atoms with E-state index in [9.17, 15) is 0 Å². The molecule has 0 aliphatic heterocycles. The normalized spacial score (nSPS) is 10.8. The molecule has 0 unspecified atom stereocenters. The first-order chi connectivity index (χ1) is 7.72. The predicted octanol–water partition coefficient (Wildman–Crippen LogP) is 3.08. The van der Waals surface area contributed by atoms with Crippen molar-refractivity contribution in [2.75, 3.05) is 18.5 Å². The van der Waals surface area contributed by atoms with Crippen LogP contribution in [0.25, 0.3) is 0 Å². The van der Waals surface area contributed by atoms with E-state index >= 15 is 0 Å². The number of ether oxygens (including phenoxy) is 1. The lowest BCUT2D eigenvalue weighted by molar-refractivity contribution is 0.0971. The standard InChI is InChI=1S/C13H22N2O/c1-4-6-14-13-8-12(5-7-15-13)10-16-9-11(2)3/h5,7-8,11H,4,6,9-10H2,1-3H3,(H,14,15). The maximum Gasteiger partial charge on any atom is 0.126 e. The number of nitrogens with one attached hydrogen (secondary N) is 1. The highest BCUT2D eigenvalue weighted by atomic mass is 16.5. The van der Waals surface area contributed by atoms with Gasteiger partial charge in [-0.15, -0.1) is 0 Å². The highest BCUT2D eigenvalue weighted by Gasteiger charge is 1.98. The van der Waals surface area contributed by atoms with E-state index in [2.05, 4.69) is 37.1 Å². The number of rotatable bonds is 7. The largest absolute Gasteiger partial charge is 0.377 e. The zero-order valence-electron chi connectivity index (χ0n) is 10.5. The number of anilines is 1. The van der Waals surface area contributed by atoms with Gasteiger partial charge in [-0.3, -0.25) is 0 Å². The van der Waals surface area contributed by atoms with Crippen molar-refractivity contribution in [1.82, 2.24) is 4.98 Å². The molecule has 3 heteroatoms. The van der Waals surface area contributed by atoms with Crippen LogP contribution in [0.5, 0.6) is 0 Å². The Morgan fingerprint density at radius 3 is 2.94 bits per heavy atom. The molecule has 1 aromatic rings. The number of nitrogens with zero attached hydrogens (tertiary/aromatic N) is 1. The molecule has 0 amide bonds. The lowest BCUT2D eigenvalue weighted by Crippen LogP contribution is -2.04. The highest BCUT2D eigenvalue weighted by molar-refractivity contribution is 5.37. The zero-order chi connectivity index (χ0) is 11.8. The lowest BCUT2D eigenvalue weighted by Gasteiger charge is -2.08. The minimum atomic E-state index is 0.583. The summed E-state index contributed by atoms with van der Waals surface area (Å²) >= 11 is 0. The fourth-order valence-corrected chi connectivity index (χ4v) is 1.33. The van der Waals surface area contributed by atoms with Gasteiger partial charge < -0.3 is 10.1 Å². The summed E-state index contributed by atoms with van der Waals surface area (Å²) in [5.41, 5.74) is 1.18. The molecule has 0 spiro atoms. The van der Waals surface area contributed by atoms with Gasteiger partial charge in [0.15, 0.2) is 0 Å². The second-order valence-electron chi connectivity index (χ2n) is 4.39. The molecule has 1 aromatic heterocycles. The summed E-state index contributed by atoms with van der Waals surface area (Å²) in [4.78, 5) is 4.25. The van der Waals surface area contributed by atoms with E-state index in [1.165, 1.54) is 5.56 Å². The number of pyridine rings is 1. The molecule has 0 saturated carbocycles. The third kappa shape index (κ3) is 5.12. The van der Waals surface area contributed by atoms with Gasteiger partial charge >= 0.3 is 0 Å². The molecule has 0 aromatic carbocycles. The van der Waals surface area contributed by atoms with Gasteiger partial charge in [0, 0.05) is 19.3 Å². The van der Waals surface area contributed by atoms with Crippen LogP contribution < -0.4 is 5.32 Å². The van der Waals surface area contributed by atoms with Crippen LogP contribution in [0, 0.1) is 5.92 Å². The second kappa shape index (κ2) is 7.23. The van der Waals surface area contributed by atoms with E-state index in [4.69, 9.17) is 4.74 Å². The fourth-order valence-electron chi connectivity index (χ4n) is 1.33. The number of aromatic nitrogens is 1. The molecule has 0 aliphatic rings. The first kappa shape index (κ1) is 13.0. The average molecular weight is 222 g/mol. The van der Waals surface area contributed by atoms with E-state index < -0.39 is 0 Å². The first-order valence-corrected chi connectivity index (χ1v) is 5.99. The summed E-state index contributed by atoms with van der Waals surface area (Å²) in [7, 11) is 0. The Morgan fingerprint density at radius 1 is 1.44 bits per heavy atom. The molecule has 1 heterocycles. The topological polar surface area (TPSA) is 34.1 Å². The molecule has 16 heavy (non-hydrogen) atoms. The molecule has 3 nitrogen and oxygen atoms in total. The third-order valence-corrected chi connectivity index (χ3v) is 2.10. The molecule has 90 valence electrons. The molecule has 0 atom stereocenters. The Labute approximate surface area is 98.2 Å². The van der Waals surface area contributed by atoms with Crippen molar-refractivity contribution in [2.24, 2.45) is 5.92 Å². The van der Waals surface area contributed by atoms with E-state index in [0.717, 1.165) is 25.4 Å². The smallest absolute Gasteiger partial charge is 0.126 e. The Morgan fingerprint density at radius 2 is 2.25 bits per heavy atom. The molecule has 0 saturated heterocycles. The van der Waals surface area contributed by atoms with Crippen molar-refractivity contribution in [3.8, 4) is 0 Å². The summed E-state index contributed by atoms with van der Waals surface area (Å²) in [5, 5.41) is 3.27. The van der Waals surface area contributed by atoms with Crippen LogP contribution in [-0.4, -0.2) is 18.1 Å². The third-order valence-electron chi connectivity index (χ3n) is 2.10.